The van der Waals surface area contributed by atoms with Gasteiger partial charge in [0.25, 0.3) is 0 Å². The van der Waals surface area contributed by atoms with Crippen LogP contribution in [-0.4, -0.2) is 22.2 Å². The third-order valence-electron chi connectivity index (χ3n) is 2.16. The van der Waals surface area contributed by atoms with E-state index in [2.05, 4.69) is 0 Å². The molecule has 15 heavy (non-hydrogen) atoms. The zero-order chi connectivity index (χ0) is 11.6. The molecule has 1 aromatic rings. The minimum atomic E-state index is -1.14. The average Bonchev–Trinajstić information content (AvgIpc) is 2.13. The van der Waals surface area contributed by atoms with Gasteiger partial charge in [0.15, 0.2) is 11.6 Å². The molecule has 0 aliphatic heterocycles. The summed E-state index contributed by atoms with van der Waals surface area (Å²) in [6.45, 7) is 1.66. The number of carboxylic acid groups (broad SMARTS) is 1. The number of nitrogens with two attached hydrogens (primary N) is 1. The van der Waals surface area contributed by atoms with Crippen molar-refractivity contribution in [3.05, 3.63) is 29.1 Å². The summed E-state index contributed by atoms with van der Waals surface area (Å²) in [5.41, 5.74) is 6.42. The number of aliphatic carboxylic acids is 1. The molecule has 0 radical (unpaired) electrons. The zero-order valence-electron chi connectivity index (χ0n) is 8.20. The van der Waals surface area contributed by atoms with Gasteiger partial charge in [-0.25, -0.2) is 4.39 Å². The minimum Gasteiger partial charge on any atom is -0.505 e. The van der Waals surface area contributed by atoms with Crippen LogP contribution in [0.4, 0.5) is 4.39 Å². The standard InChI is InChI=1S/C10H12FNO3/c1-5-2-9(13)7(11)3-6(5)4-8(12)10(14)15/h2-3,8,13H,4,12H2,1H3,(H,14,15). The second-order valence-electron chi connectivity index (χ2n) is 3.38. The normalized spacial score (nSPS) is 12.5. The van der Waals surface area contributed by atoms with E-state index in [1.807, 2.05) is 0 Å². The van der Waals surface area contributed by atoms with Gasteiger partial charge in [-0.15, -0.1) is 0 Å². The predicted molar refractivity (Wildman–Crippen MR) is 52.1 cm³/mol. The fourth-order valence-corrected chi connectivity index (χ4v) is 1.25. The molecule has 0 aliphatic carbocycles. The SMILES string of the molecule is Cc1cc(O)c(F)cc1CC(N)C(=O)O. The Balaban J connectivity index is 2.95. The smallest absolute Gasteiger partial charge is 0.320 e. The van der Waals surface area contributed by atoms with Crippen LogP contribution in [-0.2, 0) is 11.2 Å². The average molecular weight is 213 g/mol. The number of hydrogen-bond acceptors (Lipinski definition) is 3. The van der Waals surface area contributed by atoms with E-state index in [0.717, 1.165) is 6.07 Å². The van der Waals surface area contributed by atoms with Crippen LogP contribution in [0.3, 0.4) is 0 Å². The first-order valence-corrected chi connectivity index (χ1v) is 4.38. The first-order valence-electron chi connectivity index (χ1n) is 4.38. The van der Waals surface area contributed by atoms with Crippen LogP contribution in [0.5, 0.6) is 5.75 Å². The van der Waals surface area contributed by atoms with Crippen molar-refractivity contribution in [1.29, 1.82) is 0 Å². The molecule has 1 unspecified atom stereocenters. The molecule has 0 aliphatic rings. The molecule has 0 bridgehead atoms. The van der Waals surface area contributed by atoms with Gasteiger partial charge in [0, 0.05) is 0 Å². The van der Waals surface area contributed by atoms with Crippen LogP contribution >= 0.6 is 0 Å². The number of carboxylic acids is 1. The lowest BCUT2D eigenvalue weighted by molar-refractivity contribution is -0.138. The van der Waals surface area contributed by atoms with E-state index in [-0.39, 0.29) is 6.42 Å². The van der Waals surface area contributed by atoms with Crippen LogP contribution in [0.15, 0.2) is 12.1 Å². The van der Waals surface area contributed by atoms with Gasteiger partial charge >= 0.3 is 5.97 Å². The van der Waals surface area contributed by atoms with Crippen LogP contribution in [0.25, 0.3) is 0 Å². The van der Waals surface area contributed by atoms with Crippen molar-refractivity contribution in [3.63, 3.8) is 0 Å². The number of aryl methyl sites for hydroxylation is 1. The summed E-state index contributed by atoms with van der Waals surface area (Å²) in [5, 5.41) is 17.6. The highest BCUT2D eigenvalue weighted by Crippen LogP contribution is 2.21. The zero-order valence-corrected chi connectivity index (χ0v) is 8.20. The molecular weight excluding hydrogens is 201 g/mol. The van der Waals surface area contributed by atoms with Gasteiger partial charge in [-0.2, -0.15) is 0 Å². The fraction of sp³-hybridized carbons (Fsp3) is 0.300. The van der Waals surface area contributed by atoms with E-state index in [1.54, 1.807) is 6.92 Å². The minimum absolute atomic E-state index is 0.0400. The van der Waals surface area contributed by atoms with E-state index >= 15 is 0 Å². The number of rotatable bonds is 3. The lowest BCUT2D eigenvalue weighted by Crippen LogP contribution is -2.32. The largest absolute Gasteiger partial charge is 0.505 e. The Kier molecular flexibility index (Phi) is 3.26. The van der Waals surface area contributed by atoms with Crippen LogP contribution in [0.2, 0.25) is 0 Å². The summed E-state index contributed by atoms with van der Waals surface area (Å²) in [6.07, 6.45) is 0.0400. The number of benzene rings is 1. The van der Waals surface area contributed by atoms with E-state index in [0.29, 0.717) is 11.1 Å². The topological polar surface area (TPSA) is 83.5 Å². The quantitative estimate of drug-likeness (QED) is 0.693. The molecule has 0 heterocycles. The lowest BCUT2D eigenvalue weighted by Gasteiger charge is -2.10. The number of phenols is 1. The second kappa shape index (κ2) is 4.27. The Hall–Kier alpha value is -1.62. The molecule has 1 rings (SSSR count). The van der Waals surface area contributed by atoms with Crippen molar-refractivity contribution in [2.24, 2.45) is 5.73 Å². The van der Waals surface area contributed by atoms with Crippen LogP contribution in [0.1, 0.15) is 11.1 Å². The summed E-state index contributed by atoms with van der Waals surface area (Å²) in [5.74, 6) is -2.35. The van der Waals surface area contributed by atoms with Crippen molar-refractivity contribution < 1.29 is 19.4 Å². The summed E-state index contributed by atoms with van der Waals surface area (Å²) in [4.78, 5) is 10.5. The van der Waals surface area contributed by atoms with Crippen molar-refractivity contribution in [2.75, 3.05) is 0 Å². The van der Waals surface area contributed by atoms with Crippen molar-refractivity contribution in [2.45, 2.75) is 19.4 Å². The fourth-order valence-electron chi connectivity index (χ4n) is 1.25. The van der Waals surface area contributed by atoms with Gasteiger partial charge in [0.2, 0.25) is 0 Å². The molecule has 0 amide bonds. The molecule has 0 saturated heterocycles. The predicted octanol–water partition coefficient (Wildman–Crippen LogP) is 0.794. The van der Waals surface area contributed by atoms with Crippen molar-refractivity contribution in [1.82, 2.24) is 0 Å². The highest BCUT2D eigenvalue weighted by Gasteiger charge is 2.15. The van der Waals surface area contributed by atoms with Gasteiger partial charge in [-0.1, -0.05) is 0 Å². The van der Waals surface area contributed by atoms with Crippen LogP contribution < -0.4 is 5.73 Å². The van der Waals surface area contributed by atoms with Gasteiger partial charge < -0.3 is 15.9 Å². The molecule has 4 nitrogen and oxygen atoms in total. The number of phenolic OH excluding ortho intramolecular Hbond substituents is 1. The molecule has 0 fully saturated rings. The first kappa shape index (κ1) is 11.5. The summed E-state index contributed by atoms with van der Waals surface area (Å²) < 4.78 is 13.0. The summed E-state index contributed by atoms with van der Waals surface area (Å²) in [7, 11) is 0. The monoisotopic (exact) mass is 213 g/mol. The Bertz CT molecular complexity index is 392. The van der Waals surface area contributed by atoms with Crippen molar-refractivity contribution >= 4 is 5.97 Å². The van der Waals surface area contributed by atoms with E-state index in [9.17, 15) is 9.18 Å². The maximum absolute atomic E-state index is 13.0. The van der Waals surface area contributed by atoms with E-state index in [1.165, 1.54) is 6.07 Å². The highest BCUT2D eigenvalue weighted by atomic mass is 19.1. The highest BCUT2D eigenvalue weighted by molar-refractivity contribution is 5.73. The molecular formula is C10H12FNO3. The van der Waals surface area contributed by atoms with E-state index in [4.69, 9.17) is 15.9 Å². The third-order valence-corrected chi connectivity index (χ3v) is 2.16. The van der Waals surface area contributed by atoms with Crippen molar-refractivity contribution in [3.8, 4) is 5.75 Å². The second-order valence-corrected chi connectivity index (χ2v) is 3.38. The Morgan fingerprint density at radius 2 is 2.20 bits per heavy atom. The molecule has 0 saturated carbocycles. The summed E-state index contributed by atoms with van der Waals surface area (Å²) in [6, 6.07) is 1.29. The number of hydrogen-bond donors (Lipinski definition) is 3. The van der Waals surface area contributed by atoms with Gasteiger partial charge in [0.05, 0.1) is 0 Å². The Labute approximate surface area is 86.1 Å². The molecule has 5 heteroatoms. The molecule has 82 valence electrons. The maximum Gasteiger partial charge on any atom is 0.320 e. The Morgan fingerprint density at radius 1 is 1.60 bits per heavy atom. The van der Waals surface area contributed by atoms with Gasteiger partial charge in [-0.3, -0.25) is 4.79 Å². The molecule has 0 aromatic heterocycles. The van der Waals surface area contributed by atoms with Gasteiger partial charge in [0.1, 0.15) is 6.04 Å². The molecule has 0 spiro atoms. The molecule has 1 aromatic carbocycles. The maximum atomic E-state index is 13.0. The number of aromatic hydroxyl groups is 1. The van der Waals surface area contributed by atoms with Gasteiger partial charge in [-0.05, 0) is 36.6 Å². The third kappa shape index (κ3) is 2.66. The Morgan fingerprint density at radius 3 is 2.73 bits per heavy atom. The van der Waals surface area contributed by atoms with Crippen LogP contribution in [0, 0.1) is 12.7 Å². The number of halogens is 1. The summed E-state index contributed by atoms with van der Waals surface area (Å²) >= 11 is 0. The molecule has 1 atom stereocenters. The van der Waals surface area contributed by atoms with E-state index < -0.39 is 23.6 Å². The first-order chi connectivity index (χ1) is 6.91. The number of carbonyl (C=O) groups is 1. The molecule has 4 N–H and O–H groups in total. The lowest BCUT2D eigenvalue weighted by atomic mass is 10.0.